The molecule has 1 aromatic carbocycles. The minimum absolute atomic E-state index is 0.127. The molecule has 0 saturated carbocycles. The number of urea groups is 1. The minimum Gasteiger partial charge on any atom is -0.355 e. The Labute approximate surface area is 218 Å². The number of anilines is 1. The van der Waals surface area contributed by atoms with E-state index in [1.165, 1.54) is 0 Å². The van der Waals surface area contributed by atoms with E-state index >= 15 is 0 Å². The number of hydrogen-bond donors (Lipinski definition) is 4. The van der Waals surface area contributed by atoms with Gasteiger partial charge in [0, 0.05) is 78.6 Å². The average molecular weight is 510 g/mol. The summed E-state index contributed by atoms with van der Waals surface area (Å²) in [5, 5.41) is 14.8. The number of H-pyrrole nitrogens is 2. The van der Waals surface area contributed by atoms with E-state index < -0.39 is 0 Å². The van der Waals surface area contributed by atoms with Gasteiger partial charge < -0.3 is 25.4 Å². The molecule has 0 aliphatic carbocycles. The van der Waals surface area contributed by atoms with Gasteiger partial charge in [-0.25, -0.2) is 9.78 Å². The van der Waals surface area contributed by atoms with Crippen molar-refractivity contribution in [3.05, 3.63) is 60.6 Å². The van der Waals surface area contributed by atoms with Crippen LogP contribution in [0.2, 0.25) is 0 Å². The molecule has 1 fully saturated rings. The SMILES string of the molecule is CNC(=O)c1cccc2[nH]c(-c3n[nH]c4ncc(-c5cncc(NC(=O)N6CCN(C)CC6)c5)cc34)cc12. The second kappa shape index (κ2) is 9.60. The summed E-state index contributed by atoms with van der Waals surface area (Å²) in [6.07, 6.45) is 5.14. The molecule has 1 aliphatic heterocycles. The number of carbonyl (C=O) groups excluding carboxylic acids is 2. The van der Waals surface area contributed by atoms with E-state index in [0.29, 0.717) is 35.7 Å². The molecular weight excluding hydrogens is 482 g/mol. The topological polar surface area (TPSA) is 135 Å². The first-order valence-electron chi connectivity index (χ1n) is 12.4. The standard InChI is InChI=1S/C27H27N9O2/c1-28-26(37)19-4-3-5-22-20(19)12-23(32-22)24-21-11-17(14-30-25(21)34-33-24)16-10-18(15-29-13-16)31-27(38)36-8-6-35(2)7-9-36/h3-5,10-15,32H,6-9H2,1-2H3,(H,28,37)(H,31,38)(H,30,33,34). The first-order valence-corrected chi connectivity index (χ1v) is 12.4. The fraction of sp³-hybridized carbons (Fsp3) is 0.222. The molecule has 1 saturated heterocycles. The highest BCUT2D eigenvalue weighted by molar-refractivity contribution is 6.08. The molecule has 0 atom stereocenters. The lowest BCUT2D eigenvalue weighted by atomic mass is 10.1. The van der Waals surface area contributed by atoms with Crippen molar-refractivity contribution in [1.29, 1.82) is 0 Å². The third-order valence-electron chi connectivity index (χ3n) is 6.92. The van der Waals surface area contributed by atoms with Gasteiger partial charge in [-0.05, 0) is 37.4 Å². The molecule has 0 radical (unpaired) electrons. The highest BCUT2D eigenvalue weighted by Crippen LogP contribution is 2.32. The number of rotatable bonds is 4. The molecule has 11 nitrogen and oxygen atoms in total. The first-order chi connectivity index (χ1) is 18.5. The van der Waals surface area contributed by atoms with Crippen molar-refractivity contribution in [2.75, 3.05) is 45.6 Å². The second-order valence-corrected chi connectivity index (χ2v) is 9.40. The van der Waals surface area contributed by atoms with Crippen molar-refractivity contribution in [3.8, 4) is 22.5 Å². The maximum absolute atomic E-state index is 12.7. The molecule has 5 aromatic rings. The van der Waals surface area contributed by atoms with Gasteiger partial charge >= 0.3 is 6.03 Å². The lowest BCUT2D eigenvalue weighted by Crippen LogP contribution is -2.48. The normalized spacial score (nSPS) is 14.2. The summed E-state index contributed by atoms with van der Waals surface area (Å²) in [7, 11) is 3.67. The molecule has 3 amide bonds. The predicted molar refractivity (Wildman–Crippen MR) is 146 cm³/mol. The molecule has 192 valence electrons. The summed E-state index contributed by atoms with van der Waals surface area (Å²) < 4.78 is 0. The van der Waals surface area contributed by atoms with Crippen molar-refractivity contribution in [3.63, 3.8) is 0 Å². The van der Waals surface area contributed by atoms with Crippen LogP contribution in [0.3, 0.4) is 0 Å². The zero-order valence-corrected chi connectivity index (χ0v) is 21.1. The van der Waals surface area contributed by atoms with Gasteiger partial charge in [-0.3, -0.25) is 14.9 Å². The summed E-state index contributed by atoms with van der Waals surface area (Å²) in [5.41, 5.74) is 5.82. The Morgan fingerprint density at radius 2 is 1.79 bits per heavy atom. The molecule has 5 heterocycles. The second-order valence-electron chi connectivity index (χ2n) is 9.40. The quantitative estimate of drug-likeness (QED) is 0.294. The van der Waals surface area contributed by atoms with Gasteiger partial charge in [0.15, 0.2) is 5.65 Å². The molecule has 0 unspecified atom stereocenters. The van der Waals surface area contributed by atoms with Gasteiger partial charge in [0.2, 0.25) is 0 Å². The number of carbonyl (C=O) groups is 2. The van der Waals surface area contributed by atoms with Gasteiger partial charge in [-0.2, -0.15) is 5.10 Å². The van der Waals surface area contributed by atoms with Crippen LogP contribution in [-0.4, -0.2) is 87.2 Å². The van der Waals surface area contributed by atoms with Crippen molar-refractivity contribution < 1.29 is 9.59 Å². The summed E-state index contributed by atoms with van der Waals surface area (Å²) in [4.78, 5) is 41.4. The predicted octanol–water partition coefficient (Wildman–Crippen LogP) is 3.31. The average Bonchev–Trinajstić information content (AvgIpc) is 3.56. The van der Waals surface area contributed by atoms with E-state index in [4.69, 9.17) is 0 Å². The minimum atomic E-state index is -0.149. The number of hydrogen-bond acceptors (Lipinski definition) is 6. The first kappa shape index (κ1) is 23.6. The zero-order chi connectivity index (χ0) is 26.2. The van der Waals surface area contributed by atoms with E-state index in [1.807, 2.05) is 35.2 Å². The van der Waals surface area contributed by atoms with Gasteiger partial charge in [0.1, 0.15) is 5.69 Å². The Morgan fingerprint density at radius 3 is 2.61 bits per heavy atom. The third-order valence-corrected chi connectivity index (χ3v) is 6.92. The monoisotopic (exact) mass is 509 g/mol. The number of aromatic amines is 2. The van der Waals surface area contributed by atoms with Crippen LogP contribution < -0.4 is 10.6 Å². The molecule has 38 heavy (non-hydrogen) atoms. The van der Waals surface area contributed by atoms with Crippen molar-refractivity contribution in [2.24, 2.45) is 0 Å². The molecule has 0 spiro atoms. The van der Waals surface area contributed by atoms with E-state index in [-0.39, 0.29) is 11.9 Å². The van der Waals surface area contributed by atoms with E-state index in [1.54, 1.807) is 31.7 Å². The van der Waals surface area contributed by atoms with Crippen LogP contribution in [0.5, 0.6) is 0 Å². The molecule has 11 heteroatoms. The van der Waals surface area contributed by atoms with Crippen LogP contribution in [0.15, 0.2) is 55.0 Å². The summed E-state index contributed by atoms with van der Waals surface area (Å²) >= 11 is 0. The molecule has 1 aliphatic rings. The van der Waals surface area contributed by atoms with Crippen LogP contribution >= 0.6 is 0 Å². The number of nitrogens with one attached hydrogen (secondary N) is 4. The number of benzene rings is 1. The Morgan fingerprint density at radius 1 is 0.974 bits per heavy atom. The summed E-state index contributed by atoms with van der Waals surface area (Å²) in [5.74, 6) is -0.149. The fourth-order valence-electron chi connectivity index (χ4n) is 4.76. The Bertz CT molecular complexity index is 1660. The van der Waals surface area contributed by atoms with Crippen LogP contribution in [0, 0.1) is 0 Å². The lowest BCUT2D eigenvalue weighted by Gasteiger charge is -2.32. The van der Waals surface area contributed by atoms with Crippen LogP contribution in [0.1, 0.15) is 10.4 Å². The maximum Gasteiger partial charge on any atom is 0.321 e. The number of nitrogens with zero attached hydrogens (tertiary/aromatic N) is 5. The number of fused-ring (bicyclic) bond motifs is 2. The van der Waals surface area contributed by atoms with Gasteiger partial charge in [-0.15, -0.1) is 0 Å². The Balaban J connectivity index is 1.31. The van der Waals surface area contributed by atoms with Crippen molar-refractivity contribution in [1.82, 2.24) is 40.3 Å². The van der Waals surface area contributed by atoms with E-state index in [2.05, 4.69) is 47.7 Å². The summed E-state index contributed by atoms with van der Waals surface area (Å²) in [6, 6.07) is 11.3. The van der Waals surface area contributed by atoms with Gasteiger partial charge in [0.05, 0.1) is 17.6 Å². The van der Waals surface area contributed by atoms with E-state index in [9.17, 15) is 9.59 Å². The Hall–Kier alpha value is -4.77. The largest absolute Gasteiger partial charge is 0.355 e. The summed E-state index contributed by atoms with van der Waals surface area (Å²) in [6.45, 7) is 3.09. The smallest absolute Gasteiger partial charge is 0.321 e. The third kappa shape index (κ3) is 4.33. The van der Waals surface area contributed by atoms with Crippen LogP contribution in [0.25, 0.3) is 44.5 Å². The Kier molecular flexibility index (Phi) is 5.97. The number of likely N-dealkylation sites (N-methyl/N-ethyl adjacent to an activating group) is 1. The number of amides is 3. The van der Waals surface area contributed by atoms with E-state index in [0.717, 1.165) is 46.2 Å². The van der Waals surface area contributed by atoms with Crippen LogP contribution in [0.4, 0.5) is 10.5 Å². The lowest BCUT2D eigenvalue weighted by molar-refractivity contribution is 0.0964. The van der Waals surface area contributed by atoms with Gasteiger partial charge in [0.25, 0.3) is 5.91 Å². The van der Waals surface area contributed by atoms with Crippen LogP contribution in [-0.2, 0) is 0 Å². The molecule has 6 rings (SSSR count). The molecule has 4 aromatic heterocycles. The maximum atomic E-state index is 12.7. The number of pyridine rings is 2. The van der Waals surface area contributed by atoms with Crippen molar-refractivity contribution in [2.45, 2.75) is 0 Å². The number of aromatic nitrogens is 5. The fourth-order valence-corrected chi connectivity index (χ4v) is 4.76. The molecular formula is C27H27N9O2. The van der Waals surface area contributed by atoms with Crippen molar-refractivity contribution >= 4 is 39.6 Å². The number of piperazine rings is 1. The molecule has 0 bridgehead atoms. The van der Waals surface area contributed by atoms with Gasteiger partial charge in [-0.1, -0.05) is 6.07 Å². The zero-order valence-electron chi connectivity index (χ0n) is 21.1. The highest BCUT2D eigenvalue weighted by atomic mass is 16.2. The molecule has 4 N–H and O–H groups in total. The highest BCUT2D eigenvalue weighted by Gasteiger charge is 2.20.